The quantitative estimate of drug-likeness (QED) is 0.451. The van der Waals surface area contributed by atoms with Crippen LogP contribution in [0.4, 0.5) is 4.39 Å². The summed E-state index contributed by atoms with van der Waals surface area (Å²) in [4.78, 5) is 12.2. The third kappa shape index (κ3) is 4.35. The molecule has 0 aliphatic heterocycles. The molecule has 7 heteroatoms. The fourth-order valence-electron chi connectivity index (χ4n) is 2.49. The summed E-state index contributed by atoms with van der Waals surface area (Å²) in [5.74, 6) is -1.06. The first kappa shape index (κ1) is 19.3. The molecule has 0 radical (unpaired) electrons. The highest BCUT2D eigenvalue weighted by Crippen LogP contribution is 2.21. The first-order chi connectivity index (χ1) is 12.4. The number of aryl methyl sites for hydroxylation is 1. The molecule has 6 nitrogen and oxygen atoms in total. The second-order valence-corrected chi connectivity index (χ2v) is 5.81. The van der Waals surface area contributed by atoms with Gasteiger partial charge in [0.1, 0.15) is 23.6 Å². The summed E-state index contributed by atoms with van der Waals surface area (Å²) >= 11 is 0. The molecule has 0 saturated carbocycles. The molecule has 26 heavy (non-hydrogen) atoms. The van der Waals surface area contributed by atoms with Crippen molar-refractivity contribution in [1.29, 1.82) is 5.26 Å². The Balaban J connectivity index is 2.35. The maximum Gasteiger partial charge on any atom is 0.349 e. The zero-order valence-electron chi connectivity index (χ0n) is 15.1. The summed E-state index contributed by atoms with van der Waals surface area (Å²) in [6.07, 6.45) is 0.993. The lowest BCUT2D eigenvalue weighted by Crippen LogP contribution is -2.20. The Morgan fingerprint density at radius 3 is 2.62 bits per heavy atom. The van der Waals surface area contributed by atoms with Gasteiger partial charge in [0.05, 0.1) is 18.0 Å². The van der Waals surface area contributed by atoms with Crippen molar-refractivity contribution in [3.63, 3.8) is 0 Å². The first-order valence-corrected chi connectivity index (χ1v) is 8.01. The van der Waals surface area contributed by atoms with Gasteiger partial charge in [0, 0.05) is 18.4 Å². The molecule has 0 bridgehead atoms. The molecule has 0 amide bonds. The van der Waals surface area contributed by atoms with Gasteiger partial charge in [-0.15, -0.1) is 0 Å². The molecule has 0 unspecified atom stereocenters. The van der Waals surface area contributed by atoms with Crippen LogP contribution in [-0.2, 0) is 14.3 Å². The van der Waals surface area contributed by atoms with Crippen LogP contribution in [0.3, 0.4) is 0 Å². The zero-order chi connectivity index (χ0) is 19.3. The van der Waals surface area contributed by atoms with Crippen molar-refractivity contribution < 1.29 is 18.7 Å². The zero-order valence-corrected chi connectivity index (χ0v) is 15.1. The molecule has 2 aromatic rings. The second kappa shape index (κ2) is 8.41. The highest BCUT2D eigenvalue weighted by atomic mass is 19.1. The Kier molecular flexibility index (Phi) is 6.26. The van der Waals surface area contributed by atoms with Gasteiger partial charge in [-0.2, -0.15) is 10.4 Å². The van der Waals surface area contributed by atoms with E-state index in [2.05, 4.69) is 5.10 Å². The predicted octanol–water partition coefficient (Wildman–Crippen LogP) is 3.11. The van der Waals surface area contributed by atoms with Gasteiger partial charge in [-0.05, 0) is 51.1 Å². The predicted molar refractivity (Wildman–Crippen MR) is 94.0 cm³/mol. The molecule has 0 saturated heterocycles. The van der Waals surface area contributed by atoms with Crippen molar-refractivity contribution in [3.8, 4) is 11.8 Å². The SMILES string of the molecule is COC[C@H](C)OC(=O)/C(C#N)=C/c1c(C)nn(-c2ccc(F)cc2)c1C. The number of ether oxygens (including phenoxy) is 2. The van der Waals surface area contributed by atoms with E-state index in [1.54, 1.807) is 30.7 Å². The number of halogens is 1. The van der Waals surface area contributed by atoms with Gasteiger partial charge >= 0.3 is 5.97 Å². The van der Waals surface area contributed by atoms with Crippen LogP contribution in [0, 0.1) is 31.0 Å². The van der Waals surface area contributed by atoms with Crippen LogP contribution in [0.1, 0.15) is 23.9 Å². The summed E-state index contributed by atoms with van der Waals surface area (Å²) in [6, 6.07) is 7.77. The Morgan fingerprint density at radius 1 is 1.38 bits per heavy atom. The van der Waals surface area contributed by atoms with Gasteiger partial charge in [0.2, 0.25) is 0 Å². The van der Waals surface area contributed by atoms with Gasteiger partial charge in [-0.25, -0.2) is 13.9 Å². The number of esters is 1. The van der Waals surface area contributed by atoms with E-state index in [1.165, 1.54) is 25.3 Å². The fraction of sp³-hybridized carbons (Fsp3) is 0.316. The minimum atomic E-state index is -0.717. The fourth-order valence-corrected chi connectivity index (χ4v) is 2.49. The molecule has 1 atom stereocenters. The van der Waals surface area contributed by atoms with Crippen LogP contribution in [0.25, 0.3) is 11.8 Å². The molecule has 0 N–H and O–H groups in total. The smallest absolute Gasteiger partial charge is 0.349 e. The average Bonchev–Trinajstić information content (AvgIpc) is 2.87. The average molecular weight is 357 g/mol. The number of nitrogens with zero attached hydrogens (tertiary/aromatic N) is 3. The summed E-state index contributed by atoms with van der Waals surface area (Å²) in [6.45, 7) is 5.50. The second-order valence-electron chi connectivity index (χ2n) is 5.81. The van der Waals surface area contributed by atoms with Gasteiger partial charge in [0.15, 0.2) is 0 Å². The van der Waals surface area contributed by atoms with Crippen molar-refractivity contribution >= 4 is 12.0 Å². The normalized spacial score (nSPS) is 12.5. The highest BCUT2D eigenvalue weighted by molar-refractivity contribution is 5.98. The lowest BCUT2D eigenvalue weighted by molar-refractivity contribution is -0.145. The van der Waals surface area contributed by atoms with Crippen LogP contribution < -0.4 is 0 Å². The molecular weight excluding hydrogens is 337 g/mol. The van der Waals surface area contributed by atoms with E-state index >= 15 is 0 Å². The van der Waals surface area contributed by atoms with Crippen LogP contribution in [0.5, 0.6) is 0 Å². The maximum atomic E-state index is 13.1. The number of rotatable bonds is 6. The monoisotopic (exact) mass is 357 g/mol. The summed E-state index contributed by atoms with van der Waals surface area (Å²) in [5, 5.41) is 13.7. The molecule has 0 aliphatic rings. The van der Waals surface area contributed by atoms with Gasteiger partial charge in [-0.1, -0.05) is 0 Å². The van der Waals surface area contributed by atoms with E-state index in [4.69, 9.17) is 9.47 Å². The molecular formula is C19H20FN3O3. The number of carbonyl (C=O) groups is 1. The lowest BCUT2D eigenvalue weighted by Gasteiger charge is -2.11. The molecule has 1 aromatic carbocycles. The van der Waals surface area contributed by atoms with Gasteiger partial charge in [-0.3, -0.25) is 0 Å². The third-order valence-electron chi connectivity index (χ3n) is 3.76. The van der Waals surface area contributed by atoms with E-state index in [9.17, 15) is 14.4 Å². The maximum absolute atomic E-state index is 13.1. The van der Waals surface area contributed by atoms with Gasteiger partial charge in [0.25, 0.3) is 0 Å². The number of nitriles is 1. The Labute approximate surface area is 151 Å². The largest absolute Gasteiger partial charge is 0.456 e. The molecule has 2 rings (SSSR count). The van der Waals surface area contributed by atoms with Crippen molar-refractivity contribution in [2.45, 2.75) is 26.9 Å². The van der Waals surface area contributed by atoms with E-state index < -0.39 is 12.1 Å². The number of aromatic nitrogens is 2. The number of carbonyl (C=O) groups excluding carboxylic acids is 1. The molecule has 1 aromatic heterocycles. The number of methoxy groups -OCH3 is 1. The van der Waals surface area contributed by atoms with E-state index in [0.717, 1.165) is 5.69 Å². The topological polar surface area (TPSA) is 77.1 Å². The third-order valence-corrected chi connectivity index (χ3v) is 3.76. The van der Waals surface area contributed by atoms with Crippen LogP contribution in [0.2, 0.25) is 0 Å². The van der Waals surface area contributed by atoms with Crippen LogP contribution in [0.15, 0.2) is 29.8 Å². The molecule has 0 spiro atoms. The minimum Gasteiger partial charge on any atom is -0.456 e. The summed E-state index contributed by atoms with van der Waals surface area (Å²) in [7, 11) is 1.50. The van der Waals surface area contributed by atoms with E-state index in [1.807, 2.05) is 13.0 Å². The molecule has 136 valence electrons. The summed E-state index contributed by atoms with van der Waals surface area (Å²) in [5.41, 5.74) is 2.55. The van der Waals surface area contributed by atoms with Crippen molar-refractivity contribution in [1.82, 2.24) is 9.78 Å². The molecule has 0 fully saturated rings. The van der Waals surface area contributed by atoms with E-state index in [-0.39, 0.29) is 18.0 Å². The molecule has 0 aliphatic carbocycles. The number of hydrogen-bond donors (Lipinski definition) is 0. The Bertz CT molecular complexity index is 863. The standard InChI is InChI=1S/C19H20FN3O3/c1-12(11-25-4)26-19(24)15(10-21)9-18-13(2)22-23(14(18)3)17-7-5-16(20)6-8-17/h5-9,12H,11H2,1-4H3/b15-9+/t12-/m0/s1. The van der Waals surface area contributed by atoms with E-state index in [0.29, 0.717) is 16.9 Å². The van der Waals surface area contributed by atoms with Crippen LogP contribution >= 0.6 is 0 Å². The molecule has 1 heterocycles. The Hall–Kier alpha value is -2.98. The summed E-state index contributed by atoms with van der Waals surface area (Å²) < 4.78 is 24.8. The highest BCUT2D eigenvalue weighted by Gasteiger charge is 2.18. The van der Waals surface area contributed by atoms with Gasteiger partial charge < -0.3 is 9.47 Å². The lowest BCUT2D eigenvalue weighted by atomic mass is 10.1. The van der Waals surface area contributed by atoms with Crippen molar-refractivity contribution in [2.75, 3.05) is 13.7 Å². The number of hydrogen-bond acceptors (Lipinski definition) is 5. The first-order valence-electron chi connectivity index (χ1n) is 8.01. The number of benzene rings is 1. The van der Waals surface area contributed by atoms with Crippen LogP contribution in [-0.4, -0.2) is 35.6 Å². The Morgan fingerprint density at radius 2 is 2.04 bits per heavy atom. The van der Waals surface area contributed by atoms with Crippen molar-refractivity contribution in [2.24, 2.45) is 0 Å². The minimum absolute atomic E-state index is 0.127. The van der Waals surface area contributed by atoms with Crippen molar-refractivity contribution in [3.05, 3.63) is 52.6 Å².